The lowest BCUT2D eigenvalue weighted by atomic mass is 10.1. The van der Waals surface area contributed by atoms with Crippen molar-refractivity contribution in [2.45, 2.75) is 44.2 Å². The number of nitrogens with zero attached hydrogens (tertiary/aromatic N) is 5. The van der Waals surface area contributed by atoms with Crippen LogP contribution < -0.4 is 0 Å². The van der Waals surface area contributed by atoms with E-state index in [0.717, 1.165) is 18.5 Å². The Morgan fingerprint density at radius 3 is 2.96 bits per heavy atom. The highest BCUT2D eigenvalue weighted by Crippen LogP contribution is 2.38. The average Bonchev–Trinajstić information content (AvgIpc) is 3.19. The minimum atomic E-state index is -0.604. The molecule has 4 rings (SSSR count). The number of benzene rings is 1. The maximum atomic E-state index is 13.5. The number of hydrogen-bond acceptors (Lipinski definition) is 4. The van der Waals surface area contributed by atoms with Crippen molar-refractivity contribution in [3.8, 4) is 6.07 Å². The van der Waals surface area contributed by atoms with Gasteiger partial charge in [0.2, 0.25) is 0 Å². The third kappa shape index (κ3) is 3.12. The van der Waals surface area contributed by atoms with Gasteiger partial charge in [0.15, 0.2) is 0 Å². The van der Waals surface area contributed by atoms with Crippen LogP contribution in [0.5, 0.6) is 0 Å². The highest BCUT2D eigenvalue weighted by atomic mass is 19.1. The van der Waals surface area contributed by atoms with Crippen molar-refractivity contribution >= 4 is 5.91 Å². The van der Waals surface area contributed by atoms with Crippen LogP contribution in [0.2, 0.25) is 0 Å². The van der Waals surface area contributed by atoms with E-state index in [0.29, 0.717) is 24.6 Å². The molecule has 7 heteroatoms. The van der Waals surface area contributed by atoms with E-state index in [4.69, 9.17) is 5.26 Å². The molecule has 2 fully saturated rings. The Kier molecular flexibility index (Phi) is 3.96. The Morgan fingerprint density at radius 2 is 2.20 bits per heavy atom. The molecule has 2 aliphatic rings. The van der Waals surface area contributed by atoms with Crippen molar-refractivity contribution < 1.29 is 9.18 Å². The SMILES string of the molecule is N#Cc1cc(C(=O)N2CCC[C@H]2Cn2cc(C3CC3)nn2)ccc1F. The van der Waals surface area contributed by atoms with Gasteiger partial charge < -0.3 is 4.90 Å². The lowest BCUT2D eigenvalue weighted by Gasteiger charge is -2.24. The monoisotopic (exact) mass is 339 g/mol. The zero-order valence-corrected chi connectivity index (χ0v) is 13.7. The van der Waals surface area contributed by atoms with Crippen LogP contribution in [0.4, 0.5) is 4.39 Å². The molecule has 2 aromatic rings. The van der Waals surface area contributed by atoms with Crippen LogP contribution in [0.3, 0.4) is 0 Å². The maximum absolute atomic E-state index is 13.5. The van der Waals surface area contributed by atoms with Gasteiger partial charge in [0.1, 0.15) is 11.9 Å². The summed E-state index contributed by atoms with van der Waals surface area (Å²) in [6.45, 7) is 1.27. The highest BCUT2D eigenvalue weighted by Gasteiger charge is 2.31. The van der Waals surface area contributed by atoms with Crippen molar-refractivity contribution in [1.82, 2.24) is 19.9 Å². The molecule has 6 nitrogen and oxygen atoms in total. The summed E-state index contributed by atoms with van der Waals surface area (Å²) in [6.07, 6.45) is 6.16. The van der Waals surface area contributed by atoms with Crippen molar-refractivity contribution in [1.29, 1.82) is 5.26 Å². The third-order valence-corrected chi connectivity index (χ3v) is 4.92. The van der Waals surface area contributed by atoms with Crippen molar-refractivity contribution in [2.75, 3.05) is 6.54 Å². The van der Waals surface area contributed by atoms with Gasteiger partial charge in [-0.3, -0.25) is 9.48 Å². The molecule has 1 atom stereocenters. The lowest BCUT2D eigenvalue weighted by Crippen LogP contribution is -2.38. The number of rotatable bonds is 4. The highest BCUT2D eigenvalue weighted by molar-refractivity contribution is 5.95. The second-order valence-corrected chi connectivity index (χ2v) is 6.74. The van der Waals surface area contributed by atoms with Gasteiger partial charge in [-0.25, -0.2) is 4.39 Å². The van der Waals surface area contributed by atoms with E-state index < -0.39 is 5.82 Å². The first-order valence-corrected chi connectivity index (χ1v) is 8.56. The normalized spacial score (nSPS) is 19.8. The number of likely N-dealkylation sites (tertiary alicyclic amines) is 1. The fourth-order valence-electron chi connectivity index (χ4n) is 3.39. The molecule has 1 aromatic carbocycles. The van der Waals surface area contributed by atoms with Crippen LogP contribution in [-0.4, -0.2) is 38.4 Å². The Balaban J connectivity index is 1.50. The number of carbonyl (C=O) groups excluding carboxylic acids is 1. The minimum Gasteiger partial charge on any atom is -0.334 e. The predicted octanol–water partition coefficient (Wildman–Crippen LogP) is 2.47. The number of nitriles is 1. The van der Waals surface area contributed by atoms with Crippen molar-refractivity contribution in [3.63, 3.8) is 0 Å². The standard InChI is InChI=1S/C18H18FN5O/c19-16-6-5-13(8-14(16)9-20)18(25)24-7-1-2-15(24)10-23-11-17(21-22-23)12-3-4-12/h5-6,8,11-12,15H,1-4,7,10H2/t15-/m0/s1. The van der Waals surface area contributed by atoms with Gasteiger partial charge in [0.25, 0.3) is 5.91 Å². The van der Waals surface area contributed by atoms with E-state index in [9.17, 15) is 9.18 Å². The Hall–Kier alpha value is -2.75. The van der Waals surface area contributed by atoms with E-state index in [2.05, 4.69) is 10.3 Å². The van der Waals surface area contributed by atoms with Crippen LogP contribution in [0.15, 0.2) is 24.4 Å². The summed E-state index contributed by atoms with van der Waals surface area (Å²) in [5.74, 6) is -0.215. The summed E-state index contributed by atoms with van der Waals surface area (Å²) in [5.41, 5.74) is 1.28. The molecule has 128 valence electrons. The summed E-state index contributed by atoms with van der Waals surface area (Å²) >= 11 is 0. The van der Waals surface area contributed by atoms with Crippen molar-refractivity contribution in [2.24, 2.45) is 0 Å². The molecule has 2 heterocycles. The number of carbonyl (C=O) groups is 1. The Labute approximate surface area is 144 Å². The van der Waals surface area contributed by atoms with Crippen LogP contribution in [0.1, 0.15) is 53.2 Å². The number of amides is 1. The van der Waals surface area contributed by atoms with Crippen molar-refractivity contribution in [3.05, 3.63) is 47.0 Å². The molecular formula is C18H18FN5O. The van der Waals surface area contributed by atoms with E-state index in [-0.39, 0.29) is 17.5 Å². The smallest absolute Gasteiger partial charge is 0.254 e. The van der Waals surface area contributed by atoms with Crippen LogP contribution in [0, 0.1) is 17.1 Å². The topological polar surface area (TPSA) is 74.8 Å². The molecular weight excluding hydrogens is 321 g/mol. The molecule has 0 unspecified atom stereocenters. The molecule has 1 aliphatic heterocycles. The van der Waals surface area contributed by atoms with Crippen LogP contribution in [0.25, 0.3) is 0 Å². The summed E-state index contributed by atoms with van der Waals surface area (Å²) in [6, 6.07) is 5.76. The predicted molar refractivity (Wildman–Crippen MR) is 87.2 cm³/mol. The second kappa shape index (κ2) is 6.28. The first kappa shape index (κ1) is 15.8. The molecule has 25 heavy (non-hydrogen) atoms. The van der Waals surface area contributed by atoms with E-state index in [1.54, 1.807) is 11.0 Å². The summed E-state index contributed by atoms with van der Waals surface area (Å²) in [7, 11) is 0. The Morgan fingerprint density at radius 1 is 1.36 bits per heavy atom. The molecule has 1 aliphatic carbocycles. The number of hydrogen-bond donors (Lipinski definition) is 0. The van der Waals surface area contributed by atoms with Crippen LogP contribution >= 0.6 is 0 Å². The molecule has 1 saturated carbocycles. The zero-order chi connectivity index (χ0) is 17.4. The fraction of sp³-hybridized carbons (Fsp3) is 0.444. The van der Waals surface area contributed by atoms with Gasteiger partial charge in [-0.1, -0.05) is 5.21 Å². The van der Waals surface area contributed by atoms with E-state index >= 15 is 0 Å². The number of halogens is 1. The van der Waals surface area contributed by atoms with Gasteiger partial charge in [-0.15, -0.1) is 5.10 Å². The molecule has 0 bridgehead atoms. The minimum absolute atomic E-state index is 0.0387. The largest absolute Gasteiger partial charge is 0.334 e. The van der Waals surface area contributed by atoms with Crippen LogP contribution in [-0.2, 0) is 6.54 Å². The van der Waals surface area contributed by atoms with E-state index in [1.807, 2.05) is 10.9 Å². The second-order valence-electron chi connectivity index (χ2n) is 6.74. The molecule has 0 radical (unpaired) electrons. The molecule has 0 N–H and O–H groups in total. The van der Waals surface area contributed by atoms with Gasteiger partial charge in [-0.2, -0.15) is 5.26 Å². The average molecular weight is 339 g/mol. The first-order chi connectivity index (χ1) is 12.2. The Bertz CT molecular complexity index is 851. The first-order valence-electron chi connectivity index (χ1n) is 8.56. The lowest BCUT2D eigenvalue weighted by molar-refractivity contribution is 0.0721. The summed E-state index contributed by atoms with van der Waals surface area (Å²) in [4.78, 5) is 14.6. The third-order valence-electron chi connectivity index (χ3n) is 4.92. The van der Waals surface area contributed by atoms with Gasteiger partial charge in [0, 0.05) is 24.2 Å². The zero-order valence-electron chi connectivity index (χ0n) is 13.7. The summed E-state index contributed by atoms with van der Waals surface area (Å²) in [5, 5.41) is 17.4. The van der Waals surface area contributed by atoms with Gasteiger partial charge in [-0.05, 0) is 43.9 Å². The molecule has 1 saturated heterocycles. The maximum Gasteiger partial charge on any atom is 0.254 e. The van der Waals surface area contributed by atoms with Gasteiger partial charge in [0.05, 0.1) is 23.8 Å². The molecule has 1 amide bonds. The van der Waals surface area contributed by atoms with E-state index in [1.165, 1.54) is 31.0 Å². The number of aromatic nitrogens is 3. The molecule has 0 spiro atoms. The quantitative estimate of drug-likeness (QED) is 0.857. The summed E-state index contributed by atoms with van der Waals surface area (Å²) < 4.78 is 15.3. The fourth-order valence-corrected chi connectivity index (χ4v) is 3.39. The van der Waals surface area contributed by atoms with Gasteiger partial charge >= 0.3 is 0 Å². The molecule has 1 aromatic heterocycles.